The Bertz CT molecular complexity index is 1800. The number of carbonyl (C=O) groups is 1. The number of nitrogens with one attached hydrogen (secondary N) is 1. The van der Waals surface area contributed by atoms with Crippen LogP contribution in [0, 0.1) is 17.7 Å². The fourth-order valence-corrected chi connectivity index (χ4v) is 7.16. The summed E-state index contributed by atoms with van der Waals surface area (Å²) in [6, 6.07) is 9.39. The van der Waals surface area contributed by atoms with E-state index in [-0.39, 0.29) is 18.0 Å². The van der Waals surface area contributed by atoms with Gasteiger partial charge in [-0.25, -0.2) is 9.37 Å². The summed E-state index contributed by atoms with van der Waals surface area (Å²) in [5, 5.41) is 2.75. The highest BCUT2D eigenvalue weighted by molar-refractivity contribution is 6.36. The van der Waals surface area contributed by atoms with Crippen LogP contribution in [0.15, 0.2) is 36.5 Å². The molecule has 9 heteroatoms. The number of H-pyrrole nitrogens is 1. The monoisotopic (exact) mass is 530 g/mol. The van der Waals surface area contributed by atoms with Crippen molar-refractivity contribution in [3.8, 4) is 11.5 Å². The van der Waals surface area contributed by atoms with Crippen LogP contribution in [-0.4, -0.2) is 48.5 Å². The molecule has 0 radical (unpaired) electrons. The van der Waals surface area contributed by atoms with Crippen molar-refractivity contribution in [3.63, 3.8) is 0 Å². The Kier molecular flexibility index (Phi) is 4.66. The van der Waals surface area contributed by atoms with E-state index < -0.39 is 5.82 Å². The number of nitrogens with zero attached hydrogens (tertiary/aromatic N) is 4. The number of imidazole rings is 1. The molecule has 2 aliphatic carbocycles. The summed E-state index contributed by atoms with van der Waals surface area (Å²) in [5.41, 5.74) is 10.5. The Morgan fingerprint density at radius 1 is 1.18 bits per heavy atom. The molecule has 38 heavy (non-hydrogen) atoms. The topological polar surface area (TPSA) is 84.9 Å². The van der Waals surface area contributed by atoms with Crippen molar-refractivity contribution in [1.29, 1.82) is 0 Å². The Labute approximate surface area is 223 Å². The highest BCUT2D eigenvalue weighted by atomic mass is 35.5. The van der Waals surface area contributed by atoms with E-state index in [0.29, 0.717) is 45.8 Å². The second-order valence-electron chi connectivity index (χ2n) is 11.4. The van der Waals surface area contributed by atoms with Crippen molar-refractivity contribution in [2.45, 2.75) is 44.3 Å². The fourth-order valence-electron chi connectivity index (χ4n) is 6.95. The van der Waals surface area contributed by atoms with E-state index in [1.165, 1.54) is 18.9 Å². The maximum absolute atomic E-state index is 15.6. The van der Waals surface area contributed by atoms with Crippen molar-refractivity contribution in [3.05, 3.63) is 52.9 Å². The van der Waals surface area contributed by atoms with Gasteiger partial charge >= 0.3 is 0 Å². The van der Waals surface area contributed by atoms with E-state index in [0.717, 1.165) is 46.9 Å². The number of aryl methyl sites for hydroxylation is 1. The van der Waals surface area contributed by atoms with Crippen LogP contribution in [0.1, 0.15) is 36.0 Å². The van der Waals surface area contributed by atoms with Crippen molar-refractivity contribution in [2.75, 3.05) is 6.54 Å². The van der Waals surface area contributed by atoms with Gasteiger partial charge in [0.15, 0.2) is 5.82 Å². The molecule has 7 nitrogen and oxygen atoms in total. The first-order valence-corrected chi connectivity index (χ1v) is 13.8. The molecule has 0 unspecified atom stereocenters. The zero-order valence-electron chi connectivity index (χ0n) is 21.0. The first-order valence-electron chi connectivity index (χ1n) is 13.4. The minimum absolute atomic E-state index is 0.0170. The third-order valence-electron chi connectivity index (χ3n) is 9.11. The summed E-state index contributed by atoms with van der Waals surface area (Å²) in [4.78, 5) is 23.5. The Morgan fingerprint density at radius 2 is 2.03 bits per heavy atom. The minimum atomic E-state index is -0.441. The summed E-state index contributed by atoms with van der Waals surface area (Å²) in [5.74, 6) is 1.03. The van der Waals surface area contributed by atoms with Crippen LogP contribution >= 0.6 is 11.6 Å². The zero-order chi connectivity index (χ0) is 25.9. The van der Waals surface area contributed by atoms with Gasteiger partial charge in [0.1, 0.15) is 11.3 Å². The predicted molar refractivity (Wildman–Crippen MR) is 147 cm³/mol. The number of rotatable bonds is 4. The van der Waals surface area contributed by atoms with Crippen LogP contribution in [-0.2, 0) is 13.6 Å². The highest BCUT2D eigenvalue weighted by Crippen LogP contribution is 2.40. The standard InChI is InChI=1S/C29H28ClFN6O/c1-35-27-20(31)8-17(29(38)37-13-16-5-7-22(37)24(16)32)9-21(27)34-28(35)23-10-15-4-6-18-19(30)11-33-25(18)26(15)36(23)12-14-2-3-14/h4,6,8-11,14,16,22,24,33H,2-3,5,7,12-13,32H2,1H3/t16-,22-,24-/m1/s1. The molecule has 5 aromatic rings. The molecule has 3 atom stereocenters. The number of likely N-dealkylation sites (tertiary alicyclic amines) is 1. The Morgan fingerprint density at radius 3 is 2.76 bits per heavy atom. The second kappa shape index (κ2) is 7.83. The van der Waals surface area contributed by atoms with Gasteiger partial charge in [0.05, 0.1) is 27.3 Å². The summed E-state index contributed by atoms with van der Waals surface area (Å²) in [6.45, 7) is 1.51. The molecule has 3 N–H and O–H groups in total. The molecule has 0 spiro atoms. The van der Waals surface area contributed by atoms with Gasteiger partial charge in [-0.2, -0.15) is 0 Å². The molecule has 8 rings (SSSR count). The van der Waals surface area contributed by atoms with Gasteiger partial charge in [0, 0.05) is 54.8 Å². The van der Waals surface area contributed by atoms with Crippen LogP contribution < -0.4 is 5.73 Å². The van der Waals surface area contributed by atoms with Crippen molar-refractivity contribution in [1.82, 2.24) is 24.0 Å². The smallest absolute Gasteiger partial charge is 0.254 e. The SMILES string of the molecule is Cn1c(-c2cc3ccc4c(Cl)c[nH]c4c3n2CC2CC2)nc2cc(C(=O)N3C[C@H]4CC[C@@H]3[C@@H]4N)cc(F)c21. The maximum atomic E-state index is 15.6. The summed E-state index contributed by atoms with van der Waals surface area (Å²) < 4.78 is 19.7. The highest BCUT2D eigenvalue weighted by Gasteiger charge is 2.47. The molecule has 1 saturated heterocycles. The Hall–Kier alpha value is -3.36. The molecule has 3 aliphatic rings. The lowest BCUT2D eigenvalue weighted by Crippen LogP contribution is -2.41. The summed E-state index contributed by atoms with van der Waals surface area (Å²) >= 11 is 6.44. The minimum Gasteiger partial charge on any atom is -0.358 e. The van der Waals surface area contributed by atoms with Crippen molar-refractivity contribution < 1.29 is 9.18 Å². The number of piperidine rings is 1. The van der Waals surface area contributed by atoms with Gasteiger partial charge < -0.3 is 24.8 Å². The van der Waals surface area contributed by atoms with E-state index in [1.807, 2.05) is 28.8 Å². The van der Waals surface area contributed by atoms with E-state index >= 15 is 4.39 Å². The van der Waals surface area contributed by atoms with E-state index in [4.69, 9.17) is 22.3 Å². The van der Waals surface area contributed by atoms with Crippen LogP contribution in [0.2, 0.25) is 5.02 Å². The molecule has 2 bridgehead atoms. The average Bonchev–Trinajstić information content (AvgIpc) is 3.14. The lowest BCUT2D eigenvalue weighted by molar-refractivity contribution is 0.0700. The number of aromatic amines is 1. The third kappa shape index (κ3) is 3.10. The third-order valence-corrected chi connectivity index (χ3v) is 9.43. The lowest BCUT2D eigenvalue weighted by atomic mass is 10.1. The number of amides is 1. The Balaban J connectivity index is 1.28. The van der Waals surface area contributed by atoms with Crippen molar-refractivity contribution >= 4 is 50.3 Å². The number of benzene rings is 2. The molecule has 3 fully saturated rings. The first-order chi connectivity index (χ1) is 18.4. The fraction of sp³-hybridized carbons (Fsp3) is 0.379. The average molecular weight is 531 g/mol. The number of halogens is 2. The maximum Gasteiger partial charge on any atom is 0.254 e. The number of aromatic nitrogens is 4. The number of carbonyl (C=O) groups excluding carboxylic acids is 1. The van der Waals surface area contributed by atoms with Gasteiger partial charge in [-0.1, -0.05) is 23.7 Å². The quantitative estimate of drug-likeness (QED) is 0.324. The second-order valence-corrected chi connectivity index (χ2v) is 11.8. The van der Waals surface area contributed by atoms with Gasteiger partial charge in [0.25, 0.3) is 5.91 Å². The van der Waals surface area contributed by atoms with E-state index in [1.54, 1.807) is 6.07 Å². The molecule has 1 amide bonds. The molecule has 2 aromatic carbocycles. The van der Waals surface area contributed by atoms with Gasteiger partial charge in [-0.3, -0.25) is 4.79 Å². The summed E-state index contributed by atoms with van der Waals surface area (Å²) in [7, 11) is 1.84. The van der Waals surface area contributed by atoms with Crippen LogP contribution in [0.4, 0.5) is 4.39 Å². The molecule has 1 aliphatic heterocycles. The van der Waals surface area contributed by atoms with Gasteiger partial charge in [-0.15, -0.1) is 0 Å². The largest absolute Gasteiger partial charge is 0.358 e. The van der Waals surface area contributed by atoms with E-state index in [2.05, 4.69) is 21.7 Å². The molecule has 2 saturated carbocycles. The van der Waals surface area contributed by atoms with Crippen LogP contribution in [0.5, 0.6) is 0 Å². The number of fused-ring (bicyclic) bond motifs is 6. The molecular weight excluding hydrogens is 503 g/mol. The normalized spacial score (nSPS) is 23.1. The lowest BCUT2D eigenvalue weighted by Gasteiger charge is -2.27. The zero-order valence-corrected chi connectivity index (χ0v) is 21.8. The summed E-state index contributed by atoms with van der Waals surface area (Å²) in [6.07, 6.45) is 6.20. The van der Waals surface area contributed by atoms with E-state index in [9.17, 15) is 4.79 Å². The van der Waals surface area contributed by atoms with Crippen molar-refractivity contribution in [2.24, 2.45) is 24.6 Å². The molecular formula is C29H28ClFN6O. The molecule has 194 valence electrons. The molecule has 4 heterocycles. The number of nitrogens with two attached hydrogens (primary N) is 1. The number of hydrogen-bond donors (Lipinski definition) is 2. The van der Waals surface area contributed by atoms with Crippen LogP contribution in [0.3, 0.4) is 0 Å². The van der Waals surface area contributed by atoms with Gasteiger partial charge in [0.2, 0.25) is 0 Å². The number of hydrogen-bond acceptors (Lipinski definition) is 3. The van der Waals surface area contributed by atoms with Crippen LogP contribution in [0.25, 0.3) is 44.4 Å². The van der Waals surface area contributed by atoms with Gasteiger partial charge in [-0.05, 0) is 55.7 Å². The predicted octanol–water partition coefficient (Wildman–Crippen LogP) is 5.44. The molecule has 3 aromatic heterocycles. The first kappa shape index (κ1) is 22.6.